The van der Waals surface area contributed by atoms with Crippen LogP contribution in [0.3, 0.4) is 0 Å². The van der Waals surface area contributed by atoms with Crippen molar-refractivity contribution in [3.05, 3.63) is 29.0 Å². The first kappa shape index (κ1) is 13.5. The Balaban J connectivity index is 1.86. The third-order valence-corrected chi connectivity index (χ3v) is 3.42. The molecule has 0 atom stereocenters. The lowest BCUT2D eigenvalue weighted by Gasteiger charge is -2.18. The number of hydrogen-bond donors (Lipinski definition) is 1. The molecule has 1 fully saturated rings. The number of carbonyl (C=O) groups excluding carboxylic acids is 1. The van der Waals surface area contributed by atoms with Gasteiger partial charge in [0.05, 0.1) is 11.6 Å². The van der Waals surface area contributed by atoms with Crippen LogP contribution in [0.25, 0.3) is 0 Å². The van der Waals surface area contributed by atoms with E-state index >= 15 is 0 Å². The van der Waals surface area contributed by atoms with E-state index in [4.69, 9.17) is 11.6 Å². The number of halogens is 1. The summed E-state index contributed by atoms with van der Waals surface area (Å²) in [6.45, 7) is 4.45. The molecule has 0 unspecified atom stereocenters. The van der Waals surface area contributed by atoms with Gasteiger partial charge in [0.25, 0.3) is 0 Å². The SMILES string of the molecule is O=C(Cc1ccncc1Cl)CN1CCCNCC1. The molecule has 1 aromatic rings. The van der Waals surface area contributed by atoms with Crippen molar-refractivity contribution in [3.8, 4) is 0 Å². The zero-order valence-electron chi connectivity index (χ0n) is 10.4. The second kappa shape index (κ2) is 6.83. The highest BCUT2D eigenvalue weighted by molar-refractivity contribution is 6.31. The minimum atomic E-state index is 0.213. The van der Waals surface area contributed by atoms with Gasteiger partial charge in [-0.1, -0.05) is 11.6 Å². The number of aromatic nitrogens is 1. The number of nitrogens with one attached hydrogen (secondary N) is 1. The van der Waals surface area contributed by atoms with E-state index in [0.717, 1.165) is 38.2 Å². The molecule has 18 heavy (non-hydrogen) atoms. The lowest BCUT2D eigenvalue weighted by Crippen LogP contribution is -2.33. The minimum Gasteiger partial charge on any atom is -0.315 e. The molecule has 2 rings (SSSR count). The highest BCUT2D eigenvalue weighted by Gasteiger charge is 2.14. The third kappa shape index (κ3) is 4.05. The van der Waals surface area contributed by atoms with E-state index in [1.807, 2.05) is 6.07 Å². The molecule has 0 amide bonds. The van der Waals surface area contributed by atoms with Crippen LogP contribution in [-0.2, 0) is 11.2 Å². The molecule has 0 aliphatic carbocycles. The number of Topliss-reactive ketones (excluding diaryl/α,β-unsaturated/α-hetero) is 1. The average Bonchev–Trinajstić information content (AvgIpc) is 2.61. The number of nitrogens with zero attached hydrogens (tertiary/aromatic N) is 2. The first-order valence-corrected chi connectivity index (χ1v) is 6.66. The van der Waals surface area contributed by atoms with Crippen molar-refractivity contribution in [1.29, 1.82) is 0 Å². The van der Waals surface area contributed by atoms with Gasteiger partial charge >= 0.3 is 0 Å². The zero-order valence-corrected chi connectivity index (χ0v) is 11.1. The molecule has 1 aliphatic heterocycles. The lowest BCUT2D eigenvalue weighted by atomic mass is 10.1. The smallest absolute Gasteiger partial charge is 0.151 e. The number of pyridine rings is 1. The molecule has 1 N–H and O–H groups in total. The molecule has 2 heterocycles. The van der Waals surface area contributed by atoms with Crippen molar-refractivity contribution < 1.29 is 4.79 Å². The number of hydrogen-bond acceptors (Lipinski definition) is 4. The molecule has 1 aromatic heterocycles. The summed E-state index contributed by atoms with van der Waals surface area (Å²) in [6.07, 6.45) is 4.75. The lowest BCUT2D eigenvalue weighted by molar-refractivity contribution is -0.119. The summed E-state index contributed by atoms with van der Waals surface area (Å²) in [4.78, 5) is 18.1. The molecule has 98 valence electrons. The van der Waals surface area contributed by atoms with Crippen molar-refractivity contribution in [2.45, 2.75) is 12.8 Å². The summed E-state index contributed by atoms with van der Waals surface area (Å²) >= 11 is 6.00. The molecular formula is C13H18ClN3O. The zero-order chi connectivity index (χ0) is 12.8. The predicted octanol–water partition coefficient (Wildman–Crippen LogP) is 1.14. The van der Waals surface area contributed by atoms with Gasteiger partial charge in [-0.2, -0.15) is 0 Å². The van der Waals surface area contributed by atoms with Crippen LogP contribution in [0, 0.1) is 0 Å². The first-order chi connectivity index (χ1) is 8.75. The third-order valence-electron chi connectivity index (χ3n) is 3.08. The summed E-state index contributed by atoms with van der Waals surface area (Å²) in [5, 5.41) is 3.90. The average molecular weight is 268 g/mol. The Morgan fingerprint density at radius 2 is 2.33 bits per heavy atom. The van der Waals surface area contributed by atoms with Gasteiger partial charge in [-0.05, 0) is 31.1 Å². The molecule has 1 saturated heterocycles. The second-order valence-electron chi connectivity index (χ2n) is 4.56. The summed E-state index contributed by atoms with van der Waals surface area (Å²) in [7, 11) is 0. The van der Waals surface area contributed by atoms with Crippen molar-refractivity contribution >= 4 is 17.4 Å². The number of rotatable bonds is 4. The van der Waals surface area contributed by atoms with Crippen LogP contribution in [0.5, 0.6) is 0 Å². The topological polar surface area (TPSA) is 45.2 Å². The highest BCUT2D eigenvalue weighted by atomic mass is 35.5. The van der Waals surface area contributed by atoms with E-state index in [2.05, 4.69) is 15.2 Å². The number of carbonyl (C=O) groups is 1. The Kier molecular flexibility index (Phi) is 5.11. The fraction of sp³-hybridized carbons (Fsp3) is 0.538. The maximum absolute atomic E-state index is 12.0. The van der Waals surface area contributed by atoms with Gasteiger partial charge in [-0.15, -0.1) is 0 Å². The number of ketones is 1. The van der Waals surface area contributed by atoms with Crippen molar-refractivity contribution in [1.82, 2.24) is 15.2 Å². The van der Waals surface area contributed by atoms with Crippen LogP contribution in [0.4, 0.5) is 0 Å². The standard InChI is InChI=1S/C13H18ClN3O/c14-13-9-16-4-2-11(13)8-12(18)10-17-6-1-3-15-5-7-17/h2,4,9,15H,1,3,5-8,10H2. The van der Waals surface area contributed by atoms with Gasteiger partial charge in [0.15, 0.2) is 5.78 Å². The Morgan fingerprint density at radius 3 is 3.17 bits per heavy atom. The maximum atomic E-state index is 12.0. The van der Waals surface area contributed by atoms with Crippen molar-refractivity contribution in [2.75, 3.05) is 32.7 Å². The molecule has 0 spiro atoms. The Bertz CT molecular complexity index is 403. The molecule has 0 bridgehead atoms. The Hall–Kier alpha value is -0.970. The van der Waals surface area contributed by atoms with E-state index in [1.54, 1.807) is 12.4 Å². The van der Waals surface area contributed by atoms with E-state index < -0.39 is 0 Å². The van der Waals surface area contributed by atoms with E-state index in [-0.39, 0.29) is 5.78 Å². The van der Waals surface area contributed by atoms with E-state index in [9.17, 15) is 4.79 Å². The molecule has 0 aromatic carbocycles. The molecule has 0 radical (unpaired) electrons. The summed E-state index contributed by atoms with van der Waals surface area (Å²) in [5.41, 5.74) is 0.865. The second-order valence-corrected chi connectivity index (χ2v) is 4.97. The summed E-state index contributed by atoms with van der Waals surface area (Å²) < 4.78 is 0. The molecular weight excluding hydrogens is 250 g/mol. The van der Waals surface area contributed by atoms with Crippen LogP contribution in [-0.4, -0.2) is 48.4 Å². The minimum absolute atomic E-state index is 0.213. The van der Waals surface area contributed by atoms with Crippen LogP contribution >= 0.6 is 11.6 Å². The predicted molar refractivity (Wildman–Crippen MR) is 71.9 cm³/mol. The van der Waals surface area contributed by atoms with E-state index in [1.165, 1.54) is 0 Å². The highest BCUT2D eigenvalue weighted by Crippen LogP contribution is 2.14. The van der Waals surface area contributed by atoms with Crippen LogP contribution in [0.1, 0.15) is 12.0 Å². The van der Waals surface area contributed by atoms with Crippen molar-refractivity contribution in [3.63, 3.8) is 0 Å². The molecule has 1 aliphatic rings. The van der Waals surface area contributed by atoms with Crippen LogP contribution < -0.4 is 5.32 Å². The molecule has 4 nitrogen and oxygen atoms in total. The maximum Gasteiger partial charge on any atom is 0.151 e. The molecule has 0 saturated carbocycles. The van der Waals surface area contributed by atoms with Gasteiger partial charge in [0.1, 0.15) is 0 Å². The largest absolute Gasteiger partial charge is 0.315 e. The van der Waals surface area contributed by atoms with E-state index in [0.29, 0.717) is 18.0 Å². The van der Waals surface area contributed by atoms with Crippen LogP contribution in [0.15, 0.2) is 18.5 Å². The monoisotopic (exact) mass is 267 g/mol. The van der Waals surface area contributed by atoms with Gasteiger partial charge in [0.2, 0.25) is 0 Å². The molecule has 5 heteroatoms. The quantitative estimate of drug-likeness (QED) is 0.889. The normalized spacial score (nSPS) is 17.4. The fourth-order valence-electron chi connectivity index (χ4n) is 2.12. The Labute approximate surface area is 112 Å². The van der Waals surface area contributed by atoms with Gasteiger partial charge in [-0.3, -0.25) is 14.7 Å². The van der Waals surface area contributed by atoms with Gasteiger partial charge < -0.3 is 5.32 Å². The summed E-state index contributed by atoms with van der Waals surface area (Å²) in [6, 6.07) is 1.81. The Morgan fingerprint density at radius 1 is 1.44 bits per heavy atom. The van der Waals surface area contributed by atoms with Gasteiger partial charge in [0, 0.05) is 31.9 Å². The van der Waals surface area contributed by atoms with Crippen LogP contribution in [0.2, 0.25) is 5.02 Å². The van der Waals surface area contributed by atoms with Crippen molar-refractivity contribution in [2.24, 2.45) is 0 Å². The summed E-state index contributed by atoms with van der Waals surface area (Å²) in [5.74, 6) is 0.213. The fourth-order valence-corrected chi connectivity index (χ4v) is 2.31. The van der Waals surface area contributed by atoms with Gasteiger partial charge in [-0.25, -0.2) is 0 Å². The first-order valence-electron chi connectivity index (χ1n) is 6.29.